The van der Waals surface area contributed by atoms with Gasteiger partial charge in [0.25, 0.3) is 5.91 Å². The molecule has 0 bridgehead atoms. The Hall–Kier alpha value is -2.85. The summed E-state index contributed by atoms with van der Waals surface area (Å²) in [4.78, 5) is 16.0. The molecule has 1 N–H and O–H groups in total. The fourth-order valence-corrected chi connectivity index (χ4v) is 2.15. The Bertz CT molecular complexity index is 805. The van der Waals surface area contributed by atoms with Crippen molar-refractivity contribution in [2.45, 2.75) is 0 Å². The molecule has 4 nitrogen and oxygen atoms in total. The van der Waals surface area contributed by atoms with Crippen LogP contribution in [0.1, 0.15) is 10.4 Å². The lowest BCUT2D eigenvalue weighted by Crippen LogP contribution is -2.11. The molecule has 0 aliphatic carbocycles. The minimum atomic E-state index is -0.244. The van der Waals surface area contributed by atoms with Gasteiger partial charge in [0.1, 0.15) is 16.7 Å². The number of carbonyl (C=O) groups is 1. The number of pyridine rings is 1. The molecule has 0 saturated carbocycles. The first-order valence-electron chi connectivity index (χ1n) is 6.96. The summed E-state index contributed by atoms with van der Waals surface area (Å²) in [6.45, 7) is 0. The minimum Gasteiger partial charge on any atom is -0.457 e. The molecule has 3 aromatic rings. The summed E-state index contributed by atoms with van der Waals surface area (Å²) < 4.78 is 5.70. The van der Waals surface area contributed by atoms with E-state index in [9.17, 15) is 4.79 Å². The summed E-state index contributed by atoms with van der Waals surface area (Å²) in [6, 6.07) is 19.8. The van der Waals surface area contributed by atoms with Crippen molar-refractivity contribution in [2.75, 3.05) is 5.32 Å². The average molecular weight is 325 g/mol. The topological polar surface area (TPSA) is 51.2 Å². The zero-order chi connectivity index (χ0) is 16.1. The molecular formula is C18H13ClN2O2. The highest BCUT2D eigenvalue weighted by Crippen LogP contribution is 2.23. The van der Waals surface area contributed by atoms with E-state index in [1.165, 1.54) is 12.3 Å². The number of nitrogens with one attached hydrogen (secondary N) is 1. The number of ether oxygens (including phenoxy) is 1. The van der Waals surface area contributed by atoms with E-state index in [0.717, 1.165) is 5.75 Å². The number of hydrogen-bond donors (Lipinski definition) is 1. The predicted octanol–water partition coefficient (Wildman–Crippen LogP) is 4.78. The van der Waals surface area contributed by atoms with Gasteiger partial charge in [-0.3, -0.25) is 4.79 Å². The molecule has 23 heavy (non-hydrogen) atoms. The molecule has 3 rings (SSSR count). The Morgan fingerprint density at radius 3 is 2.35 bits per heavy atom. The van der Waals surface area contributed by atoms with Crippen LogP contribution < -0.4 is 10.1 Å². The van der Waals surface area contributed by atoms with Crippen molar-refractivity contribution in [1.82, 2.24) is 4.98 Å². The van der Waals surface area contributed by atoms with Gasteiger partial charge >= 0.3 is 0 Å². The fraction of sp³-hybridized carbons (Fsp3) is 0. The number of nitrogens with zero attached hydrogens (tertiary/aromatic N) is 1. The number of benzene rings is 2. The number of rotatable bonds is 4. The van der Waals surface area contributed by atoms with Crippen LogP contribution in [0, 0.1) is 0 Å². The Balaban J connectivity index is 1.67. The second-order valence-electron chi connectivity index (χ2n) is 4.76. The van der Waals surface area contributed by atoms with Crippen LogP contribution in [0.4, 0.5) is 5.69 Å². The molecule has 0 spiro atoms. The van der Waals surface area contributed by atoms with Gasteiger partial charge in [-0.05, 0) is 48.5 Å². The van der Waals surface area contributed by atoms with Crippen molar-refractivity contribution in [3.05, 3.63) is 83.6 Å². The zero-order valence-corrected chi connectivity index (χ0v) is 12.8. The van der Waals surface area contributed by atoms with Crippen LogP contribution in [0.3, 0.4) is 0 Å². The monoisotopic (exact) mass is 324 g/mol. The fourth-order valence-electron chi connectivity index (χ4n) is 1.98. The summed E-state index contributed by atoms with van der Waals surface area (Å²) in [7, 11) is 0. The normalized spacial score (nSPS) is 10.1. The molecule has 5 heteroatoms. The van der Waals surface area contributed by atoms with Gasteiger partial charge < -0.3 is 10.1 Å². The van der Waals surface area contributed by atoms with Crippen LogP contribution in [-0.2, 0) is 0 Å². The van der Waals surface area contributed by atoms with Crippen LogP contribution in [-0.4, -0.2) is 10.9 Å². The smallest absolute Gasteiger partial charge is 0.255 e. The number of para-hydroxylation sites is 1. The Kier molecular flexibility index (Phi) is 4.54. The maximum absolute atomic E-state index is 12.1. The van der Waals surface area contributed by atoms with E-state index in [0.29, 0.717) is 17.0 Å². The van der Waals surface area contributed by atoms with Crippen LogP contribution in [0.2, 0.25) is 5.15 Å². The third-order valence-electron chi connectivity index (χ3n) is 3.08. The van der Waals surface area contributed by atoms with Crippen LogP contribution >= 0.6 is 11.6 Å². The molecule has 0 radical (unpaired) electrons. The van der Waals surface area contributed by atoms with E-state index < -0.39 is 0 Å². The summed E-state index contributed by atoms with van der Waals surface area (Å²) in [5, 5.41) is 3.08. The molecular weight excluding hydrogens is 312 g/mol. The number of halogens is 1. The highest BCUT2D eigenvalue weighted by atomic mass is 35.5. The average Bonchev–Trinajstić information content (AvgIpc) is 2.57. The van der Waals surface area contributed by atoms with E-state index in [1.54, 1.807) is 30.3 Å². The van der Waals surface area contributed by atoms with E-state index in [-0.39, 0.29) is 11.1 Å². The van der Waals surface area contributed by atoms with E-state index in [4.69, 9.17) is 16.3 Å². The van der Waals surface area contributed by atoms with Crippen LogP contribution in [0.5, 0.6) is 11.5 Å². The Labute approximate surface area is 138 Å². The summed E-state index contributed by atoms with van der Waals surface area (Å²) in [5.41, 5.74) is 1.12. The first kappa shape index (κ1) is 15.1. The van der Waals surface area contributed by atoms with E-state index in [1.807, 2.05) is 30.3 Å². The quantitative estimate of drug-likeness (QED) is 0.703. The van der Waals surface area contributed by atoms with Crippen molar-refractivity contribution in [3.63, 3.8) is 0 Å². The SMILES string of the molecule is O=C(Nc1ccc(Oc2ccccc2)cc1)c1ccnc(Cl)c1. The first-order chi connectivity index (χ1) is 11.2. The third kappa shape index (κ3) is 4.08. The van der Waals surface area contributed by atoms with Crippen LogP contribution in [0.25, 0.3) is 0 Å². The maximum atomic E-state index is 12.1. The Morgan fingerprint density at radius 2 is 1.65 bits per heavy atom. The standard InChI is InChI=1S/C18H13ClN2O2/c19-17-12-13(10-11-20-17)18(22)21-14-6-8-16(9-7-14)23-15-4-2-1-3-5-15/h1-12H,(H,21,22). The van der Waals surface area contributed by atoms with Crippen molar-refractivity contribution in [1.29, 1.82) is 0 Å². The van der Waals surface area contributed by atoms with E-state index in [2.05, 4.69) is 10.3 Å². The van der Waals surface area contributed by atoms with Gasteiger partial charge in [0, 0.05) is 17.4 Å². The summed E-state index contributed by atoms with van der Waals surface area (Å²) in [5.74, 6) is 1.21. The Morgan fingerprint density at radius 1 is 0.957 bits per heavy atom. The van der Waals surface area contributed by atoms with Crippen molar-refractivity contribution in [3.8, 4) is 11.5 Å². The highest BCUT2D eigenvalue weighted by Gasteiger charge is 2.07. The van der Waals surface area contributed by atoms with Gasteiger partial charge in [0.05, 0.1) is 0 Å². The van der Waals surface area contributed by atoms with Crippen molar-refractivity contribution in [2.24, 2.45) is 0 Å². The molecule has 0 saturated heterocycles. The molecule has 114 valence electrons. The summed E-state index contributed by atoms with van der Waals surface area (Å²) >= 11 is 5.78. The first-order valence-corrected chi connectivity index (χ1v) is 7.34. The number of carbonyl (C=O) groups excluding carboxylic acids is 1. The lowest BCUT2D eigenvalue weighted by Gasteiger charge is -2.08. The molecule has 0 unspecified atom stereocenters. The molecule has 0 atom stereocenters. The lowest BCUT2D eigenvalue weighted by molar-refractivity contribution is 0.102. The van der Waals surface area contributed by atoms with Gasteiger partial charge in [0.2, 0.25) is 0 Å². The second kappa shape index (κ2) is 6.94. The third-order valence-corrected chi connectivity index (χ3v) is 3.29. The maximum Gasteiger partial charge on any atom is 0.255 e. The second-order valence-corrected chi connectivity index (χ2v) is 5.15. The highest BCUT2D eigenvalue weighted by molar-refractivity contribution is 6.29. The number of anilines is 1. The van der Waals surface area contributed by atoms with Gasteiger partial charge in [-0.15, -0.1) is 0 Å². The largest absolute Gasteiger partial charge is 0.457 e. The van der Waals surface area contributed by atoms with Gasteiger partial charge in [-0.2, -0.15) is 0 Å². The molecule has 1 aromatic heterocycles. The van der Waals surface area contributed by atoms with Crippen LogP contribution in [0.15, 0.2) is 72.9 Å². The van der Waals surface area contributed by atoms with Crippen molar-refractivity contribution < 1.29 is 9.53 Å². The van der Waals surface area contributed by atoms with Gasteiger partial charge in [-0.1, -0.05) is 29.8 Å². The molecule has 1 amide bonds. The molecule has 0 aliphatic rings. The molecule has 2 aromatic carbocycles. The minimum absolute atomic E-state index is 0.244. The van der Waals surface area contributed by atoms with Gasteiger partial charge in [0.15, 0.2) is 0 Å². The van der Waals surface area contributed by atoms with Crippen molar-refractivity contribution >= 4 is 23.2 Å². The molecule has 0 fully saturated rings. The number of amides is 1. The predicted molar refractivity (Wildman–Crippen MR) is 90.2 cm³/mol. The number of aromatic nitrogens is 1. The van der Waals surface area contributed by atoms with Gasteiger partial charge in [-0.25, -0.2) is 4.98 Å². The lowest BCUT2D eigenvalue weighted by atomic mass is 10.2. The molecule has 1 heterocycles. The van der Waals surface area contributed by atoms with E-state index >= 15 is 0 Å². The zero-order valence-electron chi connectivity index (χ0n) is 12.1. The summed E-state index contributed by atoms with van der Waals surface area (Å²) in [6.07, 6.45) is 1.49. The molecule has 0 aliphatic heterocycles. The number of hydrogen-bond acceptors (Lipinski definition) is 3.